The average Bonchev–Trinajstić information content (AvgIpc) is 2.43. The Hall–Kier alpha value is -2.04. The Bertz CT molecular complexity index is 523. The third-order valence-electron chi connectivity index (χ3n) is 3.30. The van der Waals surface area contributed by atoms with Crippen molar-refractivity contribution < 1.29 is 4.79 Å². The van der Waals surface area contributed by atoms with E-state index in [1.54, 1.807) is 19.0 Å². The van der Waals surface area contributed by atoms with Crippen LogP contribution in [-0.2, 0) is 4.79 Å². The first-order chi connectivity index (χ1) is 10.3. The molecule has 0 heterocycles. The predicted molar refractivity (Wildman–Crippen MR) is 92.0 cm³/mol. The molecule has 5 nitrogen and oxygen atoms in total. The molecule has 2 N–H and O–H groups in total. The van der Waals surface area contributed by atoms with E-state index in [1.165, 1.54) is 11.1 Å². The van der Waals surface area contributed by atoms with Gasteiger partial charge in [-0.1, -0.05) is 24.3 Å². The number of amides is 1. The fourth-order valence-corrected chi connectivity index (χ4v) is 2.05. The Kier molecular flexibility index (Phi) is 6.89. The van der Waals surface area contributed by atoms with E-state index in [9.17, 15) is 4.79 Å². The third-order valence-corrected chi connectivity index (χ3v) is 3.30. The Balaban J connectivity index is 2.82. The molecule has 0 aliphatic heterocycles. The van der Waals surface area contributed by atoms with Gasteiger partial charge in [0, 0.05) is 20.1 Å². The molecule has 0 saturated heterocycles. The number of likely N-dealkylation sites (N-methyl/N-ethyl adjacent to an activating group) is 1. The second-order valence-corrected chi connectivity index (χ2v) is 5.97. The van der Waals surface area contributed by atoms with Crippen molar-refractivity contribution in [2.45, 2.75) is 39.8 Å². The van der Waals surface area contributed by atoms with Crippen molar-refractivity contribution in [1.29, 1.82) is 0 Å². The van der Waals surface area contributed by atoms with E-state index in [-0.39, 0.29) is 24.5 Å². The number of carbonyl (C=O) groups excluding carboxylic acids is 1. The molecule has 0 radical (unpaired) electrons. The molecule has 1 amide bonds. The average molecular weight is 304 g/mol. The summed E-state index contributed by atoms with van der Waals surface area (Å²) in [6.07, 6.45) is 0. The number of guanidine groups is 1. The van der Waals surface area contributed by atoms with Gasteiger partial charge < -0.3 is 15.5 Å². The molecule has 0 spiro atoms. The summed E-state index contributed by atoms with van der Waals surface area (Å²) < 4.78 is 0. The van der Waals surface area contributed by atoms with Gasteiger partial charge in [-0.05, 0) is 38.8 Å². The van der Waals surface area contributed by atoms with Crippen LogP contribution in [0.4, 0.5) is 0 Å². The molecular weight excluding hydrogens is 276 g/mol. The molecule has 0 saturated carbocycles. The lowest BCUT2D eigenvalue weighted by Crippen LogP contribution is -2.43. The first kappa shape index (κ1) is 18.0. The fraction of sp³-hybridized carbons (Fsp3) is 0.529. The molecule has 0 aromatic heterocycles. The van der Waals surface area contributed by atoms with Gasteiger partial charge in [-0.2, -0.15) is 0 Å². The van der Waals surface area contributed by atoms with Crippen LogP contribution in [-0.4, -0.2) is 43.4 Å². The van der Waals surface area contributed by atoms with Crippen molar-refractivity contribution in [1.82, 2.24) is 15.5 Å². The number of aryl methyl sites for hydroxylation is 1. The van der Waals surface area contributed by atoms with Crippen molar-refractivity contribution >= 4 is 11.9 Å². The van der Waals surface area contributed by atoms with E-state index >= 15 is 0 Å². The topological polar surface area (TPSA) is 56.7 Å². The Morgan fingerprint density at radius 3 is 2.36 bits per heavy atom. The number of aliphatic imine (C=N–C) groups is 1. The monoisotopic (exact) mass is 304 g/mol. The molecule has 0 aliphatic carbocycles. The lowest BCUT2D eigenvalue weighted by molar-refractivity contribution is -0.127. The van der Waals surface area contributed by atoms with Crippen molar-refractivity contribution in [2.24, 2.45) is 4.99 Å². The van der Waals surface area contributed by atoms with Gasteiger partial charge in [0.15, 0.2) is 5.96 Å². The summed E-state index contributed by atoms with van der Waals surface area (Å²) in [6.45, 7) is 8.41. The van der Waals surface area contributed by atoms with Gasteiger partial charge in [-0.15, -0.1) is 0 Å². The molecule has 0 bridgehead atoms. The van der Waals surface area contributed by atoms with Gasteiger partial charge in [0.2, 0.25) is 5.91 Å². The molecular formula is C17H28N4O. The lowest BCUT2D eigenvalue weighted by Gasteiger charge is -2.21. The van der Waals surface area contributed by atoms with Crippen molar-refractivity contribution in [3.8, 4) is 0 Å². The van der Waals surface area contributed by atoms with Crippen LogP contribution >= 0.6 is 0 Å². The number of nitrogens with zero attached hydrogens (tertiary/aromatic N) is 2. The zero-order valence-corrected chi connectivity index (χ0v) is 14.5. The van der Waals surface area contributed by atoms with E-state index < -0.39 is 0 Å². The molecule has 0 aliphatic rings. The van der Waals surface area contributed by atoms with Crippen molar-refractivity contribution in [3.05, 3.63) is 35.4 Å². The molecule has 1 atom stereocenters. The summed E-state index contributed by atoms with van der Waals surface area (Å²) in [4.78, 5) is 17.6. The lowest BCUT2D eigenvalue weighted by atomic mass is 10.0. The van der Waals surface area contributed by atoms with Gasteiger partial charge in [0.05, 0.1) is 6.04 Å². The van der Waals surface area contributed by atoms with Crippen LogP contribution in [0, 0.1) is 6.92 Å². The maximum absolute atomic E-state index is 11.7. The maximum Gasteiger partial charge on any atom is 0.243 e. The molecule has 5 heteroatoms. The number of hydrogen-bond donors (Lipinski definition) is 2. The van der Waals surface area contributed by atoms with E-state index in [0.717, 1.165) is 0 Å². The molecule has 1 aromatic rings. The highest BCUT2D eigenvalue weighted by molar-refractivity contribution is 5.85. The van der Waals surface area contributed by atoms with Crippen molar-refractivity contribution in [2.75, 3.05) is 20.6 Å². The normalized spacial score (nSPS) is 13.0. The standard InChI is InChI=1S/C17H28N4O/c1-12(2)19-17(18-11-16(22)21(5)6)20-14(4)15-10-8-7-9-13(15)3/h7-10,12,14H,11H2,1-6H3,(H2,18,19,20). The number of rotatable bonds is 5. The largest absolute Gasteiger partial charge is 0.354 e. The molecule has 122 valence electrons. The number of hydrogen-bond acceptors (Lipinski definition) is 2. The molecule has 1 unspecified atom stereocenters. The van der Waals surface area contributed by atoms with E-state index in [1.807, 2.05) is 26.0 Å². The molecule has 1 aromatic carbocycles. The van der Waals surface area contributed by atoms with Crippen molar-refractivity contribution in [3.63, 3.8) is 0 Å². The van der Waals surface area contributed by atoms with Gasteiger partial charge in [-0.25, -0.2) is 4.99 Å². The maximum atomic E-state index is 11.7. The number of carbonyl (C=O) groups is 1. The zero-order chi connectivity index (χ0) is 16.7. The summed E-state index contributed by atoms with van der Waals surface area (Å²) in [5.74, 6) is 0.634. The van der Waals surface area contributed by atoms with Crippen LogP contribution in [0.25, 0.3) is 0 Å². The minimum atomic E-state index is -0.0200. The first-order valence-corrected chi connectivity index (χ1v) is 7.64. The second-order valence-electron chi connectivity index (χ2n) is 5.97. The number of nitrogens with one attached hydrogen (secondary N) is 2. The van der Waals surface area contributed by atoms with Crippen LogP contribution in [0.15, 0.2) is 29.3 Å². The summed E-state index contributed by atoms with van der Waals surface area (Å²) in [5, 5.41) is 6.63. The quantitative estimate of drug-likeness (QED) is 0.647. The summed E-state index contributed by atoms with van der Waals surface area (Å²) in [5.41, 5.74) is 2.45. The van der Waals surface area contributed by atoms with E-state index in [2.05, 4.69) is 41.6 Å². The minimum absolute atomic E-state index is 0.0200. The predicted octanol–water partition coefficient (Wildman–Crippen LogP) is 2.09. The van der Waals surface area contributed by atoms with E-state index in [0.29, 0.717) is 5.96 Å². The highest BCUT2D eigenvalue weighted by Gasteiger charge is 2.11. The van der Waals surface area contributed by atoms with Crippen LogP contribution in [0.5, 0.6) is 0 Å². The Morgan fingerprint density at radius 2 is 1.82 bits per heavy atom. The van der Waals surface area contributed by atoms with E-state index in [4.69, 9.17) is 0 Å². The summed E-state index contributed by atoms with van der Waals surface area (Å²) >= 11 is 0. The van der Waals surface area contributed by atoms with Crippen LogP contribution in [0.1, 0.15) is 37.9 Å². The first-order valence-electron chi connectivity index (χ1n) is 7.64. The second kappa shape index (κ2) is 8.41. The summed E-state index contributed by atoms with van der Waals surface area (Å²) in [6, 6.07) is 8.61. The SMILES string of the molecule is Cc1ccccc1C(C)NC(=NCC(=O)N(C)C)NC(C)C. The molecule has 0 fully saturated rings. The van der Waals surface area contributed by atoms with Gasteiger partial charge in [0.25, 0.3) is 0 Å². The van der Waals surface area contributed by atoms with Gasteiger partial charge in [0.1, 0.15) is 6.54 Å². The highest BCUT2D eigenvalue weighted by Crippen LogP contribution is 2.16. The molecule has 22 heavy (non-hydrogen) atoms. The Labute approximate surface area is 133 Å². The van der Waals surface area contributed by atoms with Gasteiger partial charge in [-0.3, -0.25) is 4.79 Å². The minimum Gasteiger partial charge on any atom is -0.354 e. The van der Waals surface area contributed by atoms with Gasteiger partial charge >= 0.3 is 0 Å². The van der Waals surface area contributed by atoms with Crippen LogP contribution in [0.3, 0.4) is 0 Å². The summed E-state index contributed by atoms with van der Waals surface area (Å²) in [7, 11) is 3.47. The molecule has 1 rings (SSSR count). The highest BCUT2D eigenvalue weighted by atomic mass is 16.2. The fourth-order valence-electron chi connectivity index (χ4n) is 2.05. The smallest absolute Gasteiger partial charge is 0.243 e. The Morgan fingerprint density at radius 1 is 1.18 bits per heavy atom. The van der Waals surface area contributed by atoms with Crippen LogP contribution < -0.4 is 10.6 Å². The number of benzene rings is 1. The zero-order valence-electron chi connectivity index (χ0n) is 14.5. The third kappa shape index (κ3) is 5.76. The van der Waals surface area contributed by atoms with Crippen LogP contribution in [0.2, 0.25) is 0 Å².